The molecule has 2 atom stereocenters. The molecule has 4 aromatic carbocycles. The van der Waals surface area contributed by atoms with Crippen LogP contribution in [0.3, 0.4) is 0 Å². The van der Waals surface area contributed by atoms with Crippen LogP contribution in [0.5, 0.6) is 0 Å². The molecule has 2 amide bonds. The van der Waals surface area contributed by atoms with Crippen LogP contribution < -0.4 is 5.32 Å². The molecule has 4 rings (SSSR count). The van der Waals surface area contributed by atoms with E-state index in [-0.39, 0.29) is 29.8 Å². The highest BCUT2D eigenvalue weighted by Gasteiger charge is 2.33. The second-order valence-electron chi connectivity index (χ2n) is 10.4. The van der Waals surface area contributed by atoms with Gasteiger partial charge in [0.15, 0.2) is 0 Å². The zero-order chi connectivity index (χ0) is 30.3. The van der Waals surface area contributed by atoms with Crippen molar-refractivity contribution in [3.8, 4) is 0 Å². The fourth-order valence-corrected chi connectivity index (χ4v) is 5.94. The third kappa shape index (κ3) is 7.76. The van der Waals surface area contributed by atoms with E-state index in [0.29, 0.717) is 5.02 Å². The van der Waals surface area contributed by atoms with Gasteiger partial charge in [-0.3, -0.25) is 9.59 Å². The lowest BCUT2D eigenvalue weighted by Gasteiger charge is -2.33. The topological polar surface area (TPSA) is 86.8 Å². The summed E-state index contributed by atoms with van der Waals surface area (Å²) in [7, 11) is -2.61. The molecular formula is C33H36ClN3O4S. The van der Waals surface area contributed by atoms with Crippen molar-refractivity contribution in [3.63, 3.8) is 0 Å². The molecule has 0 fully saturated rings. The number of carbonyl (C=O) groups excluding carboxylic acids is 2. The summed E-state index contributed by atoms with van der Waals surface area (Å²) in [4.78, 5) is 29.3. The summed E-state index contributed by atoms with van der Waals surface area (Å²) in [5.74, 6) is -0.785. The Bertz CT molecular complexity index is 1630. The minimum Gasteiger partial charge on any atom is -0.352 e. The van der Waals surface area contributed by atoms with Crippen molar-refractivity contribution in [2.45, 2.75) is 50.2 Å². The van der Waals surface area contributed by atoms with E-state index >= 15 is 0 Å². The van der Waals surface area contributed by atoms with E-state index in [9.17, 15) is 18.0 Å². The van der Waals surface area contributed by atoms with Crippen molar-refractivity contribution in [1.29, 1.82) is 0 Å². The standard InChI is InChI=1S/C33H36ClN3O4S/c1-4-24(2)35-33(39)31(20-25-10-6-5-7-11-25)37(22-26-14-17-29(34)18-15-26)32(38)23-36(3)42(40,41)30-19-16-27-12-8-9-13-28(27)21-30/h5-19,21,24,31H,4,20,22-23H2,1-3H3,(H,35,39)/t24-,31+/m0/s1. The molecule has 0 heterocycles. The number of hydrogen-bond donors (Lipinski definition) is 1. The van der Waals surface area contributed by atoms with Gasteiger partial charge in [-0.05, 0) is 59.5 Å². The lowest BCUT2D eigenvalue weighted by molar-refractivity contribution is -0.141. The van der Waals surface area contributed by atoms with E-state index in [1.807, 2.05) is 68.4 Å². The first-order valence-corrected chi connectivity index (χ1v) is 15.7. The predicted octanol–water partition coefficient (Wildman–Crippen LogP) is 5.67. The molecule has 0 aromatic heterocycles. The van der Waals surface area contributed by atoms with E-state index in [0.717, 1.165) is 32.6 Å². The van der Waals surface area contributed by atoms with Gasteiger partial charge in [0.2, 0.25) is 21.8 Å². The van der Waals surface area contributed by atoms with E-state index in [2.05, 4.69) is 5.32 Å². The van der Waals surface area contributed by atoms with E-state index in [1.54, 1.807) is 42.5 Å². The van der Waals surface area contributed by atoms with Crippen molar-refractivity contribution in [3.05, 3.63) is 113 Å². The Morgan fingerprint density at radius 1 is 0.857 bits per heavy atom. The van der Waals surface area contributed by atoms with Crippen LogP contribution in [0.2, 0.25) is 5.02 Å². The maximum absolute atomic E-state index is 14.0. The molecule has 7 nitrogen and oxygen atoms in total. The Kier molecular flexibility index (Phi) is 10.4. The van der Waals surface area contributed by atoms with Crippen LogP contribution in [-0.2, 0) is 32.6 Å². The number of nitrogens with zero attached hydrogens (tertiary/aromatic N) is 2. The van der Waals surface area contributed by atoms with Crippen molar-refractivity contribution < 1.29 is 18.0 Å². The van der Waals surface area contributed by atoms with Crippen molar-refractivity contribution in [2.75, 3.05) is 13.6 Å². The van der Waals surface area contributed by atoms with Crippen LogP contribution in [0.15, 0.2) is 102 Å². The molecule has 0 spiro atoms. The van der Waals surface area contributed by atoms with E-state index in [1.165, 1.54) is 11.9 Å². The number of fused-ring (bicyclic) bond motifs is 1. The third-order valence-corrected chi connectivity index (χ3v) is 9.38. The zero-order valence-corrected chi connectivity index (χ0v) is 25.6. The number of likely N-dealkylation sites (N-methyl/N-ethyl adjacent to an activating group) is 1. The van der Waals surface area contributed by atoms with Crippen molar-refractivity contribution in [2.24, 2.45) is 0 Å². The molecule has 0 aliphatic heterocycles. The summed E-state index contributed by atoms with van der Waals surface area (Å²) in [6.07, 6.45) is 0.991. The molecule has 0 aliphatic rings. The molecule has 220 valence electrons. The largest absolute Gasteiger partial charge is 0.352 e. The van der Waals surface area contributed by atoms with Crippen LogP contribution >= 0.6 is 11.6 Å². The van der Waals surface area contributed by atoms with Crippen LogP contribution in [0, 0.1) is 0 Å². The second kappa shape index (κ2) is 14.0. The van der Waals surface area contributed by atoms with Crippen LogP contribution in [0.4, 0.5) is 0 Å². The Labute approximate surface area is 253 Å². The molecular weight excluding hydrogens is 570 g/mol. The number of sulfonamides is 1. The van der Waals surface area contributed by atoms with Gasteiger partial charge in [0, 0.05) is 31.1 Å². The third-order valence-electron chi connectivity index (χ3n) is 7.33. The van der Waals surface area contributed by atoms with Gasteiger partial charge in [0.1, 0.15) is 6.04 Å². The second-order valence-corrected chi connectivity index (χ2v) is 12.9. The smallest absolute Gasteiger partial charge is 0.243 e. The Morgan fingerprint density at radius 3 is 2.17 bits per heavy atom. The molecule has 0 radical (unpaired) electrons. The summed E-state index contributed by atoms with van der Waals surface area (Å²) in [5.41, 5.74) is 1.65. The van der Waals surface area contributed by atoms with Crippen LogP contribution in [0.1, 0.15) is 31.4 Å². The average Bonchev–Trinajstić information content (AvgIpc) is 2.99. The van der Waals surface area contributed by atoms with Gasteiger partial charge in [-0.25, -0.2) is 8.42 Å². The molecule has 1 N–H and O–H groups in total. The van der Waals surface area contributed by atoms with E-state index < -0.39 is 28.5 Å². The number of rotatable bonds is 12. The average molecular weight is 606 g/mol. The summed E-state index contributed by atoms with van der Waals surface area (Å²) in [6, 6.07) is 27.9. The predicted molar refractivity (Wildman–Crippen MR) is 168 cm³/mol. The quantitative estimate of drug-likeness (QED) is 0.225. The summed E-state index contributed by atoms with van der Waals surface area (Å²) >= 11 is 6.10. The molecule has 0 saturated heterocycles. The van der Waals surface area contributed by atoms with Gasteiger partial charge >= 0.3 is 0 Å². The van der Waals surface area contributed by atoms with Crippen LogP contribution in [0.25, 0.3) is 10.8 Å². The molecule has 4 aromatic rings. The Hall–Kier alpha value is -3.72. The molecule has 0 saturated carbocycles. The molecule has 42 heavy (non-hydrogen) atoms. The van der Waals surface area contributed by atoms with Gasteiger partial charge < -0.3 is 10.2 Å². The normalized spacial score (nSPS) is 13.1. The number of benzene rings is 4. The molecule has 0 unspecified atom stereocenters. The first kappa shape index (κ1) is 31.2. The monoisotopic (exact) mass is 605 g/mol. The fraction of sp³-hybridized carbons (Fsp3) is 0.273. The summed E-state index contributed by atoms with van der Waals surface area (Å²) < 4.78 is 28.2. The summed E-state index contributed by atoms with van der Waals surface area (Å²) in [6.45, 7) is 3.54. The lowest BCUT2D eigenvalue weighted by Crippen LogP contribution is -2.54. The number of amides is 2. The number of nitrogens with one attached hydrogen (secondary N) is 1. The van der Waals surface area contributed by atoms with Gasteiger partial charge in [-0.2, -0.15) is 4.31 Å². The van der Waals surface area contributed by atoms with Crippen molar-refractivity contribution in [1.82, 2.24) is 14.5 Å². The maximum Gasteiger partial charge on any atom is 0.243 e. The highest BCUT2D eigenvalue weighted by molar-refractivity contribution is 7.89. The highest BCUT2D eigenvalue weighted by Crippen LogP contribution is 2.22. The highest BCUT2D eigenvalue weighted by atomic mass is 35.5. The lowest BCUT2D eigenvalue weighted by atomic mass is 10.0. The fourth-order valence-electron chi connectivity index (χ4n) is 4.66. The first-order valence-electron chi connectivity index (χ1n) is 13.9. The van der Waals surface area contributed by atoms with Crippen molar-refractivity contribution >= 4 is 44.2 Å². The number of carbonyl (C=O) groups is 2. The SMILES string of the molecule is CC[C@H](C)NC(=O)[C@@H](Cc1ccccc1)N(Cc1ccc(Cl)cc1)C(=O)CN(C)S(=O)(=O)c1ccc2ccccc2c1. The van der Waals surface area contributed by atoms with E-state index in [4.69, 9.17) is 11.6 Å². The summed E-state index contributed by atoms with van der Waals surface area (Å²) in [5, 5.41) is 5.27. The minimum atomic E-state index is -4.00. The zero-order valence-electron chi connectivity index (χ0n) is 24.0. The van der Waals surface area contributed by atoms with Gasteiger partial charge in [0.05, 0.1) is 11.4 Å². The first-order chi connectivity index (χ1) is 20.1. The number of halogens is 1. The molecule has 0 aliphatic carbocycles. The molecule has 0 bridgehead atoms. The van der Waals surface area contributed by atoms with Gasteiger partial charge in [-0.1, -0.05) is 91.3 Å². The Balaban J connectivity index is 1.67. The van der Waals surface area contributed by atoms with Gasteiger partial charge in [0.25, 0.3) is 0 Å². The number of hydrogen-bond acceptors (Lipinski definition) is 4. The van der Waals surface area contributed by atoms with Gasteiger partial charge in [-0.15, -0.1) is 0 Å². The Morgan fingerprint density at radius 2 is 1.50 bits per heavy atom. The minimum absolute atomic E-state index is 0.0936. The molecule has 9 heteroatoms. The van der Waals surface area contributed by atoms with Crippen LogP contribution in [-0.4, -0.2) is 55.1 Å². The maximum atomic E-state index is 14.0.